The van der Waals surface area contributed by atoms with Gasteiger partial charge < -0.3 is 9.84 Å². The van der Waals surface area contributed by atoms with E-state index in [0.29, 0.717) is 6.42 Å². The first kappa shape index (κ1) is 20.9. The van der Waals surface area contributed by atoms with Gasteiger partial charge in [-0.2, -0.15) is 0 Å². The molecule has 0 radical (unpaired) electrons. The van der Waals surface area contributed by atoms with E-state index in [9.17, 15) is 9.90 Å². The molecule has 4 heteroatoms. The molecule has 0 aliphatic rings. The van der Waals surface area contributed by atoms with Crippen molar-refractivity contribution >= 4 is 12.0 Å². The highest BCUT2D eigenvalue weighted by atomic mass is 16.5. The van der Waals surface area contributed by atoms with Crippen LogP contribution in [-0.4, -0.2) is 36.4 Å². The number of hydrogen-bond acceptors (Lipinski definition) is 4. The van der Waals surface area contributed by atoms with Crippen LogP contribution in [-0.2, 0) is 16.0 Å². The first-order valence-electron chi connectivity index (χ1n) is 9.30. The summed E-state index contributed by atoms with van der Waals surface area (Å²) in [5, 5.41) is 14.1. The smallest absolute Gasteiger partial charge is 0.323 e. The number of methoxy groups -OCH3 is 1. The predicted octanol–water partition coefficient (Wildman–Crippen LogP) is 3.46. The van der Waals surface area contributed by atoms with E-state index >= 15 is 0 Å². The van der Waals surface area contributed by atoms with E-state index in [1.165, 1.54) is 7.11 Å². The third kappa shape index (κ3) is 6.66. The van der Waals surface area contributed by atoms with Crippen molar-refractivity contribution in [2.24, 2.45) is 5.92 Å². The minimum atomic E-state index is -0.682. The summed E-state index contributed by atoms with van der Waals surface area (Å²) in [6.45, 7) is 3.91. The average molecular weight is 367 g/mol. The lowest BCUT2D eigenvalue weighted by Crippen LogP contribution is -2.51. The Balaban J connectivity index is 2.20. The maximum Gasteiger partial charge on any atom is 0.323 e. The van der Waals surface area contributed by atoms with Crippen molar-refractivity contribution in [3.63, 3.8) is 0 Å². The van der Waals surface area contributed by atoms with Gasteiger partial charge in [0.25, 0.3) is 0 Å². The lowest BCUT2D eigenvalue weighted by atomic mass is 9.97. The molecule has 27 heavy (non-hydrogen) atoms. The van der Waals surface area contributed by atoms with Crippen LogP contribution in [0.15, 0.2) is 66.7 Å². The molecule has 2 rings (SSSR count). The van der Waals surface area contributed by atoms with Crippen LogP contribution in [0.3, 0.4) is 0 Å². The van der Waals surface area contributed by atoms with E-state index in [1.54, 1.807) is 0 Å². The fourth-order valence-electron chi connectivity index (χ4n) is 2.92. The number of carbonyl (C=O) groups excluding carboxylic acids is 1. The van der Waals surface area contributed by atoms with Crippen molar-refractivity contribution in [3.8, 4) is 0 Å². The molecule has 2 N–H and O–H groups in total. The highest BCUT2D eigenvalue weighted by Gasteiger charge is 2.28. The second-order valence-electron chi connectivity index (χ2n) is 6.96. The van der Waals surface area contributed by atoms with Crippen molar-refractivity contribution in [1.82, 2.24) is 5.32 Å². The summed E-state index contributed by atoms with van der Waals surface area (Å²) >= 11 is 0. The van der Waals surface area contributed by atoms with Crippen LogP contribution < -0.4 is 5.32 Å². The number of nitrogens with one attached hydrogen (secondary N) is 1. The van der Waals surface area contributed by atoms with Crippen LogP contribution in [0.2, 0.25) is 0 Å². The van der Waals surface area contributed by atoms with E-state index in [1.807, 2.05) is 86.7 Å². The van der Waals surface area contributed by atoms with Crippen LogP contribution in [0.1, 0.15) is 25.0 Å². The summed E-state index contributed by atoms with van der Waals surface area (Å²) in [7, 11) is 1.38. The number of aliphatic hydroxyl groups excluding tert-OH is 1. The Hall–Kier alpha value is -2.43. The second-order valence-corrected chi connectivity index (χ2v) is 6.96. The Bertz CT molecular complexity index is 713. The monoisotopic (exact) mass is 367 g/mol. The number of rotatable bonds is 9. The van der Waals surface area contributed by atoms with E-state index in [0.717, 1.165) is 11.1 Å². The zero-order valence-electron chi connectivity index (χ0n) is 16.2. The molecule has 0 fully saturated rings. The second kappa shape index (κ2) is 10.7. The summed E-state index contributed by atoms with van der Waals surface area (Å²) in [4.78, 5) is 12.2. The van der Waals surface area contributed by atoms with E-state index < -0.39 is 18.2 Å². The van der Waals surface area contributed by atoms with Gasteiger partial charge in [0.15, 0.2) is 0 Å². The minimum absolute atomic E-state index is 0.0361. The Labute approximate surface area is 161 Å². The van der Waals surface area contributed by atoms with E-state index in [2.05, 4.69) is 5.32 Å². The molecule has 0 aromatic heterocycles. The molecule has 4 nitrogen and oxygen atoms in total. The summed E-state index contributed by atoms with van der Waals surface area (Å²) in [6.07, 6.45) is 3.68. The Morgan fingerprint density at radius 2 is 1.67 bits per heavy atom. The Morgan fingerprint density at radius 3 is 2.22 bits per heavy atom. The maximum absolute atomic E-state index is 12.2. The fourth-order valence-corrected chi connectivity index (χ4v) is 2.92. The normalized spacial score (nSPS) is 14.9. The van der Waals surface area contributed by atoms with Gasteiger partial charge in [0, 0.05) is 6.42 Å². The number of ether oxygens (including phenoxy) is 1. The van der Waals surface area contributed by atoms with Gasteiger partial charge in [0.1, 0.15) is 6.04 Å². The van der Waals surface area contributed by atoms with Crippen LogP contribution in [0, 0.1) is 5.92 Å². The predicted molar refractivity (Wildman–Crippen MR) is 109 cm³/mol. The summed E-state index contributed by atoms with van der Waals surface area (Å²) < 4.78 is 4.93. The van der Waals surface area contributed by atoms with Crippen LogP contribution >= 0.6 is 0 Å². The molecule has 2 aromatic carbocycles. The molecular weight excluding hydrogens is 338 g/mol. The number of carbonyl (C=O) groups is 1. The summed E-state index contributed by atoms with van der Waals surface area (Å²) in [5.41, 5.74) is 2.08. The van der Waals surface area contributed by atoms with Crippen LogP contribution in [0.25, 0.3) is 6.08 Å². The molecule has 0 spiro atoms. The molecule has 0 heterocycles. The van der Waals surface area contributed by atoms with Crippen LogP contribution in [0.5, 0.6) is 0 Å². The van der Waals surface area contributed by atoms with Crippen molar-refractivity contribution in [2.45, 2.75) is 38.5 Å². The zero-order valence-corrected chi connectivity index (χ0v) is 16.2. The van der Waals surface area contributed by atoms with Crippen molar-refractivity contribution < 1.29 is 14.6 Å². The minimum Gasteiger partial charge on any atom is -0.468 e. The topological polar surface area (TPSA) is 58.6 Å². The largest absolute Gasteiger partial charge is 0.468 e. The first-order chi connectivity index (χ1) is 13.0. The number of hydrogen-bond donors (Lipinski definition) is 2. The van der Waals surface area contributed by atoms with Gasteiger partial charge in [-0.25, -0.2) is 0 Å². The molecule has 0 bridgehead atoms. The molecule has 0 aliphatic carbocycles. The van der Waals surface area contributed by atoms with Crippen molar-refractivity contribution in [1.29, 1.82) is 0 Å². The molecule has 2 aromatic rings. The molecule has 0 saturated heterocycles. The highest BCUT2D eigenvalue weighted by molar-refractivity contribution is 5.76. The quantitative estimate of drug-likeness (QED) is 0.667. The average Bonchev–Trinajstić information content (AvgIpc) is 2.68. The molecule has 0 saturated carbocycles. The Morgan fingerprint density at radius 1 is 1.07 bits per heavy atom. The lowest BCUT2D eigenvalue weighted by molar-refractivity contribution is -0.144. The van der Waals surface area contributed by atoms with E-state index in [4.69, 9.17) is 4.74 Å². The van der Waals surface area contributed by atoms with Gasteiger partial charge in [-0.1, -0.05) is 86.7 Å². The third-order valence-electron chi connectivity index (χ3n) is 4.49. The number of aliphatic hydroxyl groups is 1. The van der Waals surface area contributed by atoms with Gasteiger partial charge in [-0.05, 0) is 17.0 Å². The Kier molecular flexibility index (Phi) is 8.24. The third-order valence-corrected chi connectivity index (χ3v) is 4.49. The lowest BCUT2D eigenvalue weighted by Gasteiger charge is -2.28. The molecule has 3 atom stereocenters. The standard InChI is InChI=1S/C23H29NO3/c1-17(2)22(23(26)27-3)24-20(15-14-18-10-6-4-7-11-18)21(25)16-19-12-8-5-9-13-19/h4-15,17,20-22,24-25H,16H2,1-3H3/b15-14+/t20-,21+,22+/m1/s1. The first-order valence-corrected chi connectivity index (χ1v) is 9.30. The van der Waals surface area contributed by atoms with Gasteiger partial charge in [0.2, 0.25) is 0 Å². The van der Waals surface area contributed by atoms with Crippen LogP contribution in [0.4, 0.5) is 0 Å². The molecule has 144 valence electrons. The molecule has 0 unspecified atom stereocenters. The van der Waals surface area contributed by atoms with Crippen molar-refractivity contribution in [3.05, 3.63) is 77.9 Å². The SMILES string of the molecule is COC(=O)[C@@H](N[C@H](/C=C/c1ccccc1)[C@@H](O)Cc1ccccc1)C(C)C. The highest BCUT2D eigenvalue weighted by Crippen LogP contribution is 2.13. The van der Waals surface area contributed by atoms with Crippen molar-refractivity contribution in [2.75, 3.05) is 7.11 Å². The van der Waals surface area contributed by atoms with Gasteiger partial charge in [-0.15, -0.1) is 0 Å². The summed E-state index contributed by atoms with van der Waals surface area (Å²) in [6, 6.07) is 18.8. The maximum atomic E-state index is 12.2. The van der Waals surface area contributed by atoms with E-state index in [-0.39, 0.29) is 11.9 Å². The van der Waals surface area contributed by atoms with Gasteiger partial charge >= 0.3 is 5.97 Å². The molecule has 0 amide bonds. The van der Waals surface area contributed by atoms with Gasteiger partial charge in [0.05, 0.1) is 19.3 Å². The summed E-state index contributed by atoms with van der Waals surface area (Å²) in [5.74, 6) is -0.288. The van der Waals surface area contributed by atoms with Gasteiger partial charge in [-0.3, -0.25) is 10.1 Å². The number of benzene rings is 2. The molecular formula is C23H29NO3. The fraction of sp³-hybridized carbons (Fsp3) is 0.348. The zero-order chi connectivity index (χ0) is 19.6. The molecule has 0 aliphatic heterocycles. The number of esters is 1.